The van der Waals surface area contributed by atoms with Crippen molar-refractivity contribution in [3.05, 3.63) is 28.3 Å². The highest BCUT2D eigenvalue weighted by molar-refractivity contribution is 5.56. The van der Waals surface area contributed by atoms with Gasteiger partial charge in [-0.05, 0) is 6.92 Å². The smallest absolute Gasteiger partial charge is 0.275 e. The maximum absolute atomic E-state index is 12.1. The first-order chi connectivity index (χ1) is 8.93. The molecule has 6 nitrogen and oxygen atoms in total. The van der Waals surface area contributed by atoms with E-state index in [1.165, 1.54) is 18.2 Å². The molecule has 0 aliphatic rings. The molecule has 0 bridgehead atoms. The average Bonchev–Trinajstić information content (AvgIpc) is 2.35. The van der Waals surface area contributed by atoms with E-state index in [0.717, 1.165) is 0 Å². The lowest BCUT2D eigenvalue weighted by Crippen LogP contribution is -2.26. The molecule has 106 valence electrons. The number of aliphatic hydroxyl groups is 1. The highest BCUT2D eigenvalue weighted by atomic mass is 19.3. The van der Waals surface area contributed by atoms with Crippen molar-refractivity contribution in [3.8, 4) is 5.75 Å². The predicted octanol–water partition coefficient (Wildman–Crippen LogP) is 2.03. The first-order valence-corrected chi connectivity index (χ1v) is 5.56. The SMILES string of the molecule is CCOc1cc(NCC(O)C(F)F)cc([N+](=O)[O-])c1. The molecule has 0 amide bonds. The van der Waals surface area contributed by atoms with E-state index in [2.05, 4.69) is 5.32 Å². The van der Waals surface area contributed by atoms with Gasteiger partial charge in [0.25, 0.3) is 12.1 Å². The van der Waals surface area contributed by atoms with Crippen LogP contribution >= 0.6 is 0 Å². The van der Waals surface area contributed by atoms with Gasteiger partial charge in [-0.3, -0.25) is 10.1 Å². The first kappa shape index (κ1) is 15.1. The summed E-state index contributed by atoms with van der Waals surface area (Å²) in [5.74, 6) is 0.255. The number of nitro benzene ring substituents is 1. The third-order valence-electron chi connectivity index (χ3n) is 2.22. The molecular formula is C11H14F2N2O4. The van der Waals surface area contributed by atoms with Crippen molar-refractivity contribution in [1.82, 2.24) is 0 Å². The predicted molar refractivity (Wildman–Crippen MR) is 64.8 cm³/mol. The van der Waals surface area contributed by atoms with Crippen LogP contribution in [-0.2, 0) is 0 Å². The van der Waals surface area contributed by atoms with Gasteiger partial charge in [0.2, 0.25) is 0 Å². The minimum absolute atomic E-state index is 0.222. The van der Waals surface area contributed by atoms with E-state index in [4.69, 9.17) is 9.84 Å². The Kier molecular flexibility index (Phi) is 5.43. The van der Waals surface area contributed by atoms with Crippen LogP contribution < -0.4 is 10.1 Å². The summed E-state index contributed by atoms with van der Waals surface area (Å²) in [5, 5.41) is 22.2. The number of alkyl halides is 2. The molecule has 0 aromatic heterocycles. The Balaban J connectivity index is 2.84. The Hall–Kier alpha value is -1.96. The van der Waals surface area contributed by atoms with Crippen molar-refractivity contribution in [2.24, 2.45) is 0 Å². The quantitative estimate of drug-likeness (QED) is 0.588. The molecule has 8 heteroatoms. The number of anilines is 1. The zero-order valence-electron chi connectivity index (χ0n) is 10.2. The van der Waals surface area contributed by atoms with Gasteiger partial charge >= 0.3 is 0 Å². The number of ether oxygens (including phenoxy) is 1. The summed E-state index contributed by atoms with van der Waals surface area (Å²) in [5.41, 5.74) is 0.0114. The molecule has 19 heavy (non-hydrogen) atoms. The zero-order chi connectivity index (χ0) is 14.4. The summed E-state index contributed by atoms with van der Waals surface area (Å²) in [6.45, 7) is 1.62. The molecule has 1 rings (SSSR count). The number of nitro groups is 1. The Morgan fingerprint density at radius 2 is 2.16 bits per heavy atom. The molecule has 0 fully saturated rings. The molecule has 0 radical (unpaired) electrons. The molecular weight excluding hydrogens is 262 g/mol. The molecule has 1 aromatic rings. The molecule has 0 spiro atoms. The van der Waals surface area contributed by atoms with Crippen molar-refractivity contribution in [2.75, 3.05) is 18.5 Å². The van der Waals surface area contributed by atoms with E-state index < -0.39 is 24.0 Å². The lowest BCUT2D eigenvalue weighted by molar-refractivity contribution is -0.384. The molecule has 0 saturated heterocycles. The summed E-state index contributed by atoms with van der Waals surface area (Å²) in [4.78, 5) is 10.1. The summed E-state index contributed by atoms with van der Waals surface area (Å²) >= 11 is 0. The fourth-order valence-electron chi connectivity index (χ4n) is 1.35. The van der Waals surface area contributed by atoms with Crippen LogP contribution in [0.2, 0.25) is 0 Å². The molecule has 0 heterocycles. The molecule has 1 unspecified atom stereocenters. The number of nitrogens with zero attached hydrogens (tertiary/aromatic N) is 1. The molecule has 0 saturated carbocycles. The van der Waals surface area contributed by atoms with E-state index in [0.29, 0.717) is 6.61 Å². The van der Waals surface area contributed by atoms with Crippen LogP contribution in [0.3, 0.4) is 0 Å². The minimum atomic E-state index is -2.88. The lowest BCUT2D eigenvalue weighted by Gasteiger charge is -2.12. The zero-order valence-corrected chi connectivity index (χ0v) is 10.2. The van der Waals surface area contributed by atoms with Crippen LogP contribution in [0.1, 0.15) is 6.92 Å². The number of hydrogen-bond acceptors (Lipinski definition) is 5. The van der Waals surface area contributed by atoms with Gasteiger partial charge in [-0.2, -0.15) is 0 Å². The highest BCUT2D eigenvalue weighted by Gasteiger charge is 2.17. The summed E-state index contributed by atoms with van der Waals surface area (Å²) < 4.78 is 29.4. The third-order valence-corrected chi connectivity index (χ3v) is 2.22. The van der Waals surface area contributed by atoms with Gasteiger partial charge in [0, 0.05) is 24.4 Å². The van der Waals surface area contributed by atoms with Crippen LogP contribution in [0.15, 0.2) is 18.2 Å². The Morgan fingerprint density at radius 1 is 1.47 bits per heavy atom. The van der Waals surface area contributed by atoms with Gasteiger partial charge in [-0.1, -0.05) is 0 Å². The van der Waals surface area contributed by atoms with Gasteiger partial charge in [-0.15, -0.1) is 0 Å². The molecule has 0 aliphatic carbocycles. The highest BCUT2D eigenvalue weighted by Crippen LogP contribution is 2.26. The Labute approximate surface area is 108 Å². The number of aliphatic hydroxyl groups excluding tert-OH is 1. The van der Waals surface area contributed by atoms with Gasteiger partial charge in [0.15, 0.2) is 0 Å². The monoisotopic (exact) mass is 276 g/mol. The Bertz CT molecular complexity index is 443. The first-order valence-electron chi connectivity index (χ1n) is 5.56. The van der Waals surface area contributed by atoms with Crippen LogP contribution in [0.5, 0.6) is 5.75 Å². The molecule has 1 atom stereocenters. The van der Waals surface area contributed by atoms with Crippen molar-refractivity contribution in [2.45, 2.75) is 19.5 Å². The number of hydrogen-bond donors (Lipinski definition) is 2. The van der Waals surface area contributed by atoms with Crippen molar-refractivity contribution < 1.29 is 23.5 Å². The molecule has 2 N–H and O–H groups in total. The maximum Gasteiger partial charge on any atom is 0.275 e. The topological polar surface area (TPSA) is 84.6 Å². The van der Waals surface area contributed by atoms with Crippen LogP contribution in [0.25, 0.3) is 0 Å². The summed E-state index contributed by atoms with van der Waals surface area (Å²) in [6.07, 6.45) is -4.72. The normalized spacial score (nSPS) is 12.3. The van der Waals surface area contributed by atoms with E-state index in [1.54, 1.807) is 6.92 Å². The van der Waals surface area contributed by atoms with Crippen molar-refractivity contribution >= 4 is 11.4 Å². The van der Waals surface area contributed by atoms with E-state index >= 15 is 0 Å². The number of nitrogens with one attached hydrogen (secondary N) is 1. The fourth-order valence-corrected chi connectivity index (χ4v) is 1.35. The van der Waals surface area contributed by atoms with Crippen molar-refractivity contribution in [3.63, 3.8) is 0 Å². The summed E-state index contributed by atoms with van der Waals surface area (Å²) in [6, 6.07) is 3.85. The number of benzene rings is 1. The maximum atomic E-state index is 12.1. The van der Waals surface area contributed by atoms with Gasteiger partial charge < -0.3 is 15.2 Å². The number of halogens is 2. The Morgan fingerprint density at radius 3 is 2.68 bits per heavy atom. The number of non-ortho nitro benzene ring substituents is 1. The second kappa shape index (κ2) is 6.83. The van der Waals surface area contributed by atoms with E-state index in [9.17, 15) is 18.9 Å². The van der Waals surface area contributed by atoms with Crippen LogP contribution in [0.4, 0.5) is 20.2 Å². The van der Waals surface area contributed by atoms with Crippen molar-refractivity contribution in [1.29, 1.82) is 0 Å². The van der Waals surface area contributed by atoms with Crippen LogP contribution in [-0.4, -0.2) is 35.7 Å². The van der Waals surface area contributed by atoms with E-state index in [1.807, 2.05) is 0 Å². The fraction of sp³-hybridized carbons (Fsp3) is 0.455. The van der Waals surface area contributed by atoms with Gasteiger partial charge in [-0.25, -0.2) is 8.78 Å². The molecule has 1 aromatic carbocycles. The van der Waals surface area contributed by atoms with Crippen LogP contribution in [0, 0.1) is 10.1 Å². The van der Waals surface area contributed by atoms with E-state index in [-0.39, 0.29) is 17.1 Å². The van der Waals surface area contributed by atoms with Gasteiger partial charge in [0.1, 0.15) is 11.9 Å². The standard InChI is InChI=1S/C11H14F2N2O4/c1-2-19-9-4-7(3-8(5-9)15(17)18)14-6-10(16)11(12)13/h3-5,10-11,14,16H,2,6H2,1H3. The number of rotatable bonds is 7. The second-order valence-electron chi connectivity index (χ2n) is 3.69. The summed E-state index contributed by atoms with van der Waals surface area (Å²) in [7, 11) is 0. The second-order valence-corrected chi connectivity index (χ2v) is 3.69. The van der Waals surface area contributed by atoms with Gasteiger partial charge in [0.05, 0.1) is 17.6 Å². The largest absolute Gasteiger partial charge is 0.494 e. The lowest BCUT2D eigenvalue weighted by atomic mass is 10.2. The minimum Gasteiger partial charge on any atom is -0.494 e. The third kappa shape index (κ3) is 4.66. The molecule has 0 aliphatic heterocycles. The average molecular weight is 276 g/mol.